The highest BCUT2D eigenvalue weighted by atomic mass is 32.2. The largest absolute Gasteiger partial charge is 0.345 e. The predicted octanol–water partition coefficient (Wildman–Crippen LogP) is 5.03. The second kappa shape index (κ2) is 9.79. The molecule has 1 amide bonds. The van der Waals surface area contributed by atoms with Gasteiger partial charge in [-0.1, -0.05) is 68.4 Å². The van der Waals surface area contributed by atoms with Gasteiger partial charge < -0.3 is 5.32 Å². The van der Waals surface area contributed by atoms with Crippen molar-refractivity contribution >= 4 is 21.6 Å². The van der Waals surface area contributed by atoms with Crippen molar-refractivity contribution in [3.05, 3.63) is 96.1 Å². The fraction of sp³-hybridized carbons (Fsp3) is 0.240. The summed E-state index contributed by atoms with van der Waals surface area (Å²) in [7, 11) is -2.29. The number of carbonyl (C=O) groups excluding carboxylic acids is 1. The molecule has 0 aliphatic carbocycles. The van der Waals surface area contributed by atoms with Crippen LogP contribution in [-0.4, -0.2) is 21.4 Å². The van der Waals surface area contributed by atoms with Crippen molar-refractivity contribution in [2.45, 2.75) is 31.2 Å². The summed E-state index contributed by atoms with van der Waals surface area (Å²) in [5.41, 5.74) is 1.89. The number of benzene rings is 3. The molecule has 1 atom stereocenters. The van der Waals surface area contributed by atoms with E-state index >= 15 is 0 Å². The zero-order valence-corrected chi connectivity index (χ0v) is 18.8. The first-order valence-corrected chi connectivity index (χ1v) is 11.7. The normalized spacial score (nSPS) is 12.4. The highest BCUT2D eigenvalue weighted by Crippen LogP contribution is 2.24. The molecule has 0 aliphatic heterocycles. The van der Waals surface area contributed by atoms with Gasteiger partial charge in [-0.3, -0.25) is 9.10 Å². The van der Waals surface area contributed by atoms with Crippen LogP contribution in [0.1, 0.15) is 42.2 Å². The minimum absolute atomic E-state index is 0.0756. The number of hydrogen-bond donors (Lipinski definition) is 1. The number of para-hydroxylation sites is 1. The third-order valence-corrected chi connectivity index (χ3v) is 6.87. The molecule has 5 nitrogen and oxygen atoms in total. The van der Waals surface area contributed by atoms with Gasteiger partial charge in [0.1, 0.15) is 0 Å². The number of amides is 1. The SMILES string of the molecule is CC(C)C[C@@H](NC(=O)c1cccc(S(=O)(=O)N(C)c2ccccc2)c1)c1ccccc1. The Morgan fingerprint density at radius 2 is 1.52 bits per heavy atom. The third-order valence-electron chi connectivity index (χ3n) is 5.09. The molecule has 3 aromatic rings. The van der Waals surface area contributed by atoms with Crippen molar-refractivity contribution in [2.75, 3.05) is 11.4 Å². The Kier molecular flexibility index (Phi) is 7.13. The first-order valence-electron chi connectivity index (χ1n) is 10.3. The van der Waals surface area contributed by atoms with Crippen molar-refractivity contribution in [3.8, 4) is 0 Å². The van der Waals surface area contributed by atoms with Crippen LogP contribution in [0.2, 0.25) is 0 Å². The van der Waals surface area contributed by atoms with E-state index in [9.17, 15) is 13.2 Å². The van der Waals surface area contributed by atoms with E-state index in [1.54, 1.807) is 36.4 Å². The number of rotatable bonds is 8. The fourth-order valence-corrected chi connectivity index (χ4v) is 4.65. The lowest BCUT2D eigenvalue weighted by molar-refractivity contribution is 0.0931. The molecular formula is C25H28N2O3S. The number of sulfonamides is 1. The molecule has 3 aromatic carbocycles. The average molecular weight is 437 g/mol. The molecule has 0 unspecified atom stereocenters. The molecule has 0 bridgehead atoms. The molecule has 6 heteroatoms. The number of anilines is 1. The van der Waals surface area contributed by atoms with Gasteiger partial charge in [-0.25, -0.2) is 8.42 Å². The van der Waals surface area contributed by atoms with Gasteiger partial charge in [0.05, 0.1) is 16.6 Å². The average Bonchev–Trinajstić information content (AvgIpc) is 2.79. The lowest BCUT2D eigenvalue weighted by atomic mass is 9.96. The van der Waals surface area contributed by atoms with E-state index in [4.69, 9.17) is 0 Å². The van der Waals surface area contributed by atoms with E-state index in [1.165, 1.54) is 23.5 Å². The van der Waals surface area contributed by atoms with Gasteiger partial charge in [0.15, 0.2) is 0 Å². The molecule has 0 aliphatic rings. The summed E-state index contributed by atoms with van der Waals surface area (Å²) in [4.78, 5) is 13.1. The summed E-state index contributed by atoms with van der Waals surface area (Å²) < 4.78 is 27.4. The maximum absolute atomic E-state index is 13.1. The summed E-state index contributed by atoms with van der Waals surface area (Å²) in [6.07, 6.45) is 0.782. The Bertz CT molecular complexity index is 1110. The fourth-order valence-electron chi connectivity index (χ4n) is 3.41. The monoisotopic (exact) mass is 436 g/mol. The lowest BCUT2D eigenvalue weighted by Gasteiger charge is -2.22. The van der Waals surface area contributed by atoms with Gasteiger partial charge in [-0.15, -0.1) is 0 Å². The summed E-state index contributed by atoms with van der Waals surface area (Å²) in [6, 6.07) is 24.7. The zero-order valence-electron chi connectivity index (χ0n) is 18.0. The van der Waals surface area contributed by atoms with E-state index in [2.05, 4.69) is 19.2 Å². The molecule has 3 rings (SSSR count). The summed E-state index contributed by atoms with van der Waals surface area (Å²) in [5.74, 6) is 0.0886. The Morgan fingerprint density at radius 1 is 0.903 bits per heavy atom. The first kappa shape index (κ1) is 22.6. The van der Waals surface area contributed by atoms with Gasteiger partial charge in [-0.2, -0.15) is 0 Å². The van der Waals surface area contributed by atoms with E-state index in [0.29, 0.717) is 17.2 Å². The van der Waals surface area contributed by atoms with Crippen LogP contribution in [0.15, 0.2) is 89.8 Å². The maximum atomic E-state index is 13.1. The van der Waals surface area contributed by atoms with Crippen LogP contribution in [0.5, 0.6) is 0 Å². The predicted molar refractivity (Wildman–Crippen MR) is 125 cm³/mol. The molecule has 31 heavy (non-hydrogen) atoms. The van der Waals surface area contributed by atoms with Crippen molar-refractivity contribution in [1.29, 1.82) is 0 Å². The molecule has 0 saturated heterocycles. The van der Waals surface area contributed by atoms with Crippen LogP contribution in [0, 0.1) is 5.92 Å². The molecule has 162 valence electrons. The van der Waals surface area contributed by atoms with Crippen LogP contribution in [0.25, 0.3) is 0 Å². The minimum Gasteiger partial charge on any atom is -0.345 e. The Labute approximate surface area is 184 Å². The van der Waals surface area contributed by atoms with Gasteiger partial charge >= 0.3 is 0 Å². The van der Waals surface area contributed by atoms with Crippen LogP contribution in [0.3, 0.4) is 0 Å². The zero-order chi connectivity index (χ0) is 22.4. The van der Waals surface area contributed by atoms with E-state index in [1.807, 2.05) is 36.4 Å². The number of nitrogens with one attached hydrogen (secondary N) is 1. The van der Waals surface area contributed by atoms with E-state index in [0.717, 1.165) is 12.0 Å². The topological polar surface area (TPSA) is 66.5 Å². The first-order chi connectivity index (χ1) is 14.8. The van der Waals surface area contributed by atoms with E-state index < -0.39 is 10.0 Å². The maximum Gasteiger partial charge on any atom is 0.264 e. The van der Waals surface area contributed by atoms with Crippen LogP contribution >= 0.6 is 0 Å². The van der Waals surface area contributed by atoms with E-state index in [-0.39, 0.29) is 16.8 Å². The molecule has 0 spiro atoms. The summed E-state index contributed by atoms with van der Waals surface area (Å²) in [6.45, 7) is 4.21. The quantitative estimate of drug-likeness (QED) is 0.539. The van der Waals surface area contributed by atoms with Crippen LogP contribution in [0.4, 0.5) is 5.69 Å². The number of nitrogens with zero attached hydrogens (tertiary/aromatic N) is 1. The smallest absolute Gasteiger partial charge is 0.264 e. The summed E-state index contributed by atoms with van der Waals surface area (Å²) >= 11 is 0. The number of hydrogen-bond acceptors (Lipinski definition) is 3. The third kappa shape index (κ3) is 5.52. The molecule has 0 aromatic heterocycles. The highest BCUT2D eigenvalue weighted by Gasteiger charge is 2.23. The second-order valence-corrected chi connectivity index (χ2v) is 9.87. The summed E-state index contributed by atoms with van der Waals surface area (Å²) in [5, 5.41) is 3.07. The Balaban J connectivity index is 1.85. The van der Waals surface area contributed by atoms with Crippen molar-refractivity contribution in [1.82, 2.24) is 5.32 Å². The minimum atomic E-state index is -3.79. The van der Waals surface area contributed by atoms with Crippen molar-refractivity contribution in [2.24, 2.45) is 5.92 Å². The van der Waals surface area contributed by atoms with Gasteiger partial charge in [0.2, 0.25) is 0 Å². The highest BCUT2D eigenvalue weighted by molar-refractivity contribution is 7.92. The standard InChI is InChI=1S/C25H28N2O3S/c1-19(2)17-24(20-11-6-4-7-12-20)26-25(28)21-13-10-16-23(18-21)31(29,30)27(3)22-14-8-5-9-15-22/h4-16,18-19,24H,17H2,1-3H3,(H,26,28)/t24-/m1/s1. The van der Waals surface area contributed by atoms with Crippen LogP contribution < -0.4 is 9.62 Å². The Hall–Kier alpha value is -3.12. The van der Waals surface area contributed by atoms with Gasteiger partial charge in [0.25, 0.3) is 15.9 Å². The molecule has 1 N–H and O–H groups in total. The second-order valence-electron chi connectivity index (χ2n) is 7.90. The number of carbonyl (C=O) groups is 1. The molecule has 0 radical (unpaired) electrons. The lowest BCUT2D eigenvalue weighted by Crippen LogP contribution is -2.30. The Morgan fingerprint density at radius 3 is 2.13 bits per heavy atom. The molecule has 0 heterocycles. The molecule has 0 saturated carbocycles. The van der Waals surface area contributed by atoms with Gasteiger partial charge in [0, 0.05) is 12.6 Å². The van der Waals surface area contributed by atoms with Crippen LogP contribution in [-0.2, 0) is 10.0 Å². The van der Waals surface area contributed by atoms with Crippen molar-refractivity contribution in [3.63, 3.8) is 0 Å². The van der Waals surface area contributed by atoms with Crippen molar-refractivity contribution < 1.29 is 13.2 Å². The molecular weight excluding hydrogens is 408 g/mol. The van der Waals surface area contributed by atoms with Gasteiger partial charge in [-0.05, 0) is 48.2 Å². The molecule has 0 fully saturated rings.